The fourth-order valence-electron chi connectivity index (χ4n) is 3.74. The molecular formula is C22H26N4O. The zero-order valence-electron chi connectivity index (χ0n) is 16.4. The quantitative estimate of drug-likeness (QED) is 0.711. The minimum absolute atomic E-state index is 0.0359. The number of nitrogens with one attached hydrogen (secondary N) is 1. The number of ether oxygens (including phenoxy) is 1. The van der Waals surface area contributed by atoms with E-state index in [1.165, 1.54) is 11.1 Å². The minimum atomic E-state index is -0.177. The van der Waals surface area contributed by atoms with Crippen LogP contribution >= 0.6 is 0 Å². The maximum Gasteiger partial charge on any atom is 0.121 e. The fourth-order valence-corrected chi connectivity index (χ4v) is 3.74. The van der Waals surface area contributed by atoms with Crippen LogP contribution in [0.4, 0.5) is 0 Å². The molecule has 0 bridgehead atoms. The van der Waals surface area contributed by atoms with Gasteiger partial charge < -0.3 is 4.74 Å². The summed E-state index contributed by atoms with van der Waals surface area (Å²) in [5.74, 6) is 0. The monoisotopic (exact) mass is 362 g/mol. The van der Waals surface area contributed by atoms with E-state index in [1.54, 1.807) is 0 Å². The molecule has 1 atom stereocenters. The molecule has 1 aliphatic carbocycles. The molecule has 0 aliphatic heterocycles. The van der Waals surface area contributed by atoms with E-state index < -0.39 is 0 Å². The summed E-state index contributed by atoms with van der Waals surface area (Å²) in [4.78, 5) is 0. The standard InChI is InChI=1S/C22H26N4O/c1-22(2,3)26-21-18-12-8-7-11-17(18)19(27-14-23-4)13-15-9-5-6-10-16(15)20(21)24-25-26/h5-12,19,23H,13-14H2,1-4H3. The van der Waals surface area contributed by atoms with Crippen LogP contribution in [-0.4, -0.2) is 28.8 Å². The Kier molecular flexibility index (Phi) is 4.58. The normalized spacial score (nSPS) is 16.1. The molecule has 0 fully saturated rings. The van der Waals surface area contributed by atoms with Gasteiger partial charge >= 0.3 is 0 Å². The van der Waals surface area contributed by atoms with Gasteiger partial charge in [-0.25, -0.2) is 4.68 Å². The number of aromatic nitrogens is 3. The molecule has 4 rings (SSSR count). The number of nitrogens with zero attached hydrogens (tertiary/aromatic N) is 3. The summed E-state index contributed by atoms with van der Waals surface area (Å²) in [6.07, 6.45) is 0.766. The van der Waals surface area contributed by atoms with Crippen LogP contribution in [0.1, 0.15) is 38.0 Å². The first-order valence-electron chi connectivity index (χ1n) is 9.40. The summed E-state index contributed by atoms with van der Waals surface area (Å²) < 4.78 is 8.25. The molecule has 0 radical (unpaired) electrons. The number of rotatable bonds is 3. The summed E-state index contributed by atoms with van der Waals surface area (Å²) in [7, 11) is 1.90. The fraction of sp³-hybridized carbons (Fsp3) is 0.364. The van der Waals surface area contributed by atoms with Crippen LogP contribution in [0.5, 0.6) is 0 Å². The molecule has 5 heteroatoms. The molecule has 1 aromatic heterocycles. The molecular weight excluding hydrogens is 336 g/mol. The van der Waals surface area contributed by atoms with Gasteiger partial charge in [0.1, 0.15) is 5.69 Å². The summed E-state index contributed by atoms with van der Waals surface area (Å²) in [5.41, 5.74) is 6.51. The molecule has 1 unspecified atom stereocenters. The highest BCUT2D eigenvalue weighted by molar-refractivity contribution is 5.82. The van der Waals surface area contributed by atoms with Crippen molar-refractivity contribution >= 4 is 0 Å². The Hall–Kier alpha value is -2.50. The molecule has 5 nitrogen and oxygen atoms in total. The lowest BCUT2D eigenvalue weighted by atomic mass is 9.87. The van der Waals surface area contributed by atoms with Crippen molar-refractivity contribution in [2.75, 3.05) is 13.8 Å². The minimum Gasteiger partial charge on any atom is -0.358 e. The molecule has 1 aliphatic rings. The van der Waals surface area contributed by atoms with Crippen molar-refractivity contribution in [2.45, 2.75) is 38.8 Å². The number of fused-ring (bicyclic) bond motifs is 5. The third-order valence-corrected chi connectivity index (χ3v) is 4.98. The van der Waals surface area contributed by atoms with E-state index >= 15 is 0 Å². The van der Waals surface area contributed by atoms with Crippen molar-refractivity contribution in [2.24, 2.45) is 0 Å². The Morgan fingerprint density at radius 2 is 1.78 bits per heavy atom. The van der Waals surface area contributed by atoms with E-state index in [9.17, 15) is 0 Å². The van der Waals surface area contributed by atoms with Crippen LogP contribution < -0.4 is 5.32 Å². The van der Waals surface area contributed by atoms with E-state index in [2.05, 4.69) is 84.9 Å². The first-order chi connectivity index (χ1) is 13.0. The third kappa shape index (κ3) is 3.17. The van der Waals surface area contributed by atoms with Gasteiger partial charge in [-0.3, -0.25) is 5.32 Å². The molecule has 0 saturated carbocycles. The molecule has 3 aromatic rings. The second kappa shape index (κ2) is 6.91. The van der Waals surface area contributed by atoms with Crippen LogP contribution in [0.2, 0.25) is 0 Å². The Morgan fingerprint density at radius 3 is 2.52 bits per heavy atom. The zero-order chi connectivity index (χ0) is 19.0. The first-order valence-corrected chi connectivity index (χ1v) is 9.40. The van der Waals surface area contributed by atoms with Crippen molar-refractivity contribution in [3.63, 3.8) is 0 Å². The highest BCUT2D eigenvalue weighted by Gasteiger charge is 2.31. The van der Waals surface area contributed by atoms with Crippen LogP contribution in [0.25, 0.3) is 22.5 Å². The smallest absolute Gasteiger partial charge is 0.121 e. The largest absolute Gasteiger partial charge is 0.358 e. The van der Waals surface area contributed by atoms with Crippen LogP contribution in [0, 0.1) is 0 Å². The lowest BCUT2D eigenvalue weighted by Crippen LogP contribution is -2.25. The van der Waals surface area contributed by atoms with E-state index in [0.717, 1.165) is 28.9 Å². The van der Waals surface area contributed by atoms with E-state index in [1.807, 2.05) is 11.7 Å². The molecule has 140 valence electrons. The molecule has 0 spiro atoms. The average Bonchev–Trinajstić information content (AvgIpc) is 3.09. The second-order valence-electron chi connectivity index (χ2n) is 7.97. The Labute approximate surface area is 160 Å². The van der Waals surface area contributed by atoms with Gasteiger partial charge in [-0.15, -0.1) is 5.10 Å². The highest BCUT2D eigenvalue weighted by atomic mass is 16.5. The first kappa shape index (κ1) is 17.9. The Morgan fingerprint density at radius 1 is 1.07 bits per heavy atom. The van der Waals surface area contributed by atoms with Gasteiger partial charge in [0.25, 0.3) is 0 Å². The summed E-state index contributed by atoms with van der Waals surface area (Å²) in [5, 5.41) is 12.3. The van der Waals surface area contributed by atoms with Gasteiger partial charge in [0.05, 0.1) is 24.1 Å². The van der Waals surface area contributed by atoms with Crippen LogP contribution in [0.15, 0.2) is 48.5 Å². The van der Waals surface area contributed by atoms with Crippen LogP contribution in [-0.2, 0) is 16.7 Å². The SMILES string of the molecule is CNCOC1Cc2ccccc2-c2nnn(C(C)(C)C)c2-c2ccccc21. The number of hydrogen-bond acceptors (Lipinski definition) is 4. The summed E-state index contributed by atoms with van der Waals surface area (Å²) in [6.45, 7) is 6.98. The van der Waals surface area contributed by atoms with Gasteiger partial charge in [0.15, 0.2) is 0 Å². The summed E-state index contributed by atoms with van der Waals surface area (Å²) >= 11 is 0. The molecule has 2 aromatic carbocycles. The van der Waals surface area contributed by atoms with Gasteiger partial charge in [-0.05, 0) is 38.9 Å². The third-order valence-electron chi connectivity index (χ3n) is 4.98. The zero-order valence-corrected chi connectivity index (χ0v) is 16.4. The lowest BCUT2D eigenvalue weighted by Gasteiger charge is -2.27. The topological polar surface area (TPSA) is 52.0 Å². The van der Waals surface area contributed by atoms with Gasteiger partial charge in [0.2, 0.25) is 0 Å². The molecule has 27 heavy (non-hydrogen) atoms. The van der Waals surface area contributed by atoms with Gasteiger partial charge in [-0.2, -0.15) is 0 Å². The Bertz CT molecular complexity index is 955. The maximum absolute atomic E-state index is 6.21. The Balaban J connectivity index is 2.03. The summed E-state index contributed by atoms with van der Waals surface area (Å²) in [6, 6.07) is 16.9. The second-order valence-corrected chi connectivity index (χ2v) is 7.97. The van der Waals surface area contributed by atoms with Crippen molar-refractivity contribution < 1.29 is 4.74 Å². The van der Waals surface area contributed by atoms with Crippen molar-refractivity contribution in [1.82, 2.24) is 20.3 Å². The number of hydrogen-bond donors (Lipinski definition) is 1. The molecule has 0 saturated heterocycles. The number of benzene rings is 2. The van der Waals surface area contributed by atoms with E-state index in [-0.39, 0.29) is 11.6 Å². The predicted octanol–water partition coefficient (Wildman–Crippen LogP) is 4.16. The van der Waals surface area contributed by atoms with E-state index in [4.69, 9.17) is 4.74 Å². The lowest BCUT2D eigenvalue weighted by molar-refractivity contribution is 0.0437. The highest BCUT2D eigenvalue weighted by Crippen LogP contribution is 2.42. The average molecular weight is 362 g/mol. The maximum atomic E-state index is 6.21. The van der Waals surface area contributed by atoms with Crippen molar-refractivity contribution in [1.29, 1.82) is 0 Å². The van der Waals surface area contributed by atoms with Gasteiger partial charge in [-0.1, -0.05) is 53.7 Å². The van der Waals surface area contributed by atoms with E-state index in [0.29, 0.717) is 6.73 Å². The van der Waals surface area contributed by atoms with Crippen molar-refractivity contribution in [3.8, 4) is 22.5 Å². The van der Waals surface area contributed by atoms with Crippen molar-refractivity contribution in [3.05, 3.63) is 59.7 Å². The molecule has 1 N–H and O–H groups in total. The van der Waals surface area contributed by atoms with Crippen LogP contribution in [0.3, 0.4) is 0 Å². The predicted molar refractivity (Wildman–Crippen MR) is 107 cm³/mol. The molecule has 0 amide bonds. The van der Waals surface area contributed by atoms with Gasteiger partial charge in [0, 0.05) is 17.5 Å². The molecule has 1 heterocycles.